The number of esters is 1. The molecule has 3 rings (SSSR count). The minimum Gasteiger partial charge on any atom is -0.466 e. The van der Waals surface area contributed by atoms with Crippen LogP contribution in [0.5, 0.6) is 0 Å². The van der Waals surface area contributed by atoms with Crippen LogP contribution < -0.4 is 0 Å². The molecule has 4 heteroatoms. The van der Waals surface area contributed by atoms with Gasteiger partial charge >= 0.3 is 5.97 Å². The van der Waals surface area contributed by atoms with Crippen LogP contribution >= 0.6 is 0 Å². The number of carbonyl (C=O) groups is 2. The molecule has 0 fully saturated rings. The third kappa shape index (κ3) is 3.91. The summed E-state index contributed by atoms with van der Waals surface area (Å²) in [5, 5.41) is 2.07. The fourth-order valence-corrected chi connectivity index (χ4v) is 2.89. The minimum atomic E-state index is -0.580. The Kier molecular flexibility index (Phi) is 5.19. The van der Waals surface area contributed by atoms with Crippen LogP contribution in [0.3, 0.4) is 0 Å². The maximum absolute atomic E-state index is 13.1. The predicted molar refractivity (Wildman–Crippen MR) is 96.5 cm³/mol. The van der Waals surface area contributed by atoms with Crippen molar-refractivity contribution in [2.45, 2.75) is 19.3 Å². The third-order valence-corrected chi connectivity index (χ3v) is 4.14. The molecule has 0 bridgehead atoms. The van der Waals surface area contributed by atoms with E-state index < -0.39 is 5.92 Å². The van der Waals surface area contributed by atoms with Gasteiger partial charge in [0.1, 0.15) is 0 Å². The Balaban J connectivity index is 1.95. The van der Waals surface area contributed by atoms with Crippen LogP contribution in [0, 0.1) is 0 Å². The van der Waals surface area contributed by atoms with Gasteiger partial charge in [-0.25, -0.2) is 0 Å². The molecule has 0 aliphatic heterocycles. The van der Waals surface area contributed by atoms with Crippen LogP contribution in [-0.2, 0) is 9.53 Å². The molecule has 0 N–H and O–H groups in total. The van der Waals surface area contributed by atoms with Gasteiger partial charge in [0, 0.05) is 18.0 Å². The number of aromatic nitrogens is 1. The number of hydrogen-bond acceptors (Lipinski definition) is 4. The molecule has 4 nitrogen and oxygen atoms in total. The Bertz CT molecular complexity index is 890. The fraction of sp³-hybridized carbons (Fsp3) is 0.190. The van der Waals surface area contributed by atoms with E-state index in [0.29, 0.717) is 12.2 Å². The van der Waals surface area contributed by atoms with Crippen molar-refractivity contribution in [3.8, 4) is 0 Å². The van der Waals surface area contributed by atoms with Gasteiger partial charge in [-0.05, 0) is 41.5 Å². The minimum absolute atomic E-state index is 0.0174. The van der Waals surface area contributed by atoms with E-state index in [2.05, 4.69) is 4.98 Å². The molecular formula is C21H19NO3. The summed E-state index contributed by atoms with van der Waals surface area (Å²) in [6.45, 7) is 2.05. The number of fused-ring (bicyclic) bond motifs is 1. The van der Waals surface area contributed by atoms with Crippen molar-refractivity contribution in [1.82, 2.24) is 4.98 Å². The summed E-state index contributed by atoms with van der Waals surface area (Å²) >= 11 is 0. The molecule has 1 heterocycles. The SMILES string of the molecule is CCOC(=O)C[C@@H](C(=O)c1ccc2ccccc2c1)c1ccncc1. The molecule has 1 atom stereocenters. The highest BCUT2D eigenvalue weighted by Gasteiger charge is 2.25. The Morgan fingerprint density at radius 2 is 1.72 bits per heavy atom. The van der Waals surface area contributed by atoms with Crippen molar-refractivity contribution in [2.24, 2.45) is 0 Å². The second-order valence-electron chi connectivity index (χ2n) is 5.77. The molecule has 0 aliphatic rings. The Hall–Kier alpha value is -3.01. The number of pyridine rings is 1. The van der Waals surface area contributed by atoms with Gasteiger partial charge in [0.2, 0.25) is 0 Å². The zero-order valence-electron chi connectivity index (χ0n) is 14.0. The highest BCUT2D eigenvalue weighted by Crippen LogP contribution is 2.26. The van der Waals surface area contributed by atoms with E-state index in [-0.39, 0.29) is 18.2 Å². The van der Waals surface area contributed by atoms with E-state index in [4.69, 9.17) is 4.74 Å². The average molecular weight is 333 g/mol. The first kappa shape index (κ1) is 16.8. The smallest absolute Gasteiger partial charge is 0.306 e. The quantitative estimate of drug-likeness (QED) is 0.502. The molecule has 0 spiro atoms. The molecule has 0 unspecified atom stereocenters. The molecule has 3 aromatic rings. The lowest BCUT2D eigenvalue weighted by Gasteiger charge is -2.16. The van der Waals surface area contributed by atoms with Crippen molar-refractivity contribution in [2.75, 3.05) is 6.61 Å². The molecule has 25 heavy (non-hydrogen) atoms. The lowest BCUT2D eigenvalue weighted by Crippen LogP contribution is -2.18. The maximum atomic E-state index is 13.1. The highest BCUT2D eigenvalue weighted by atomic mass is 16.5. The molecule has 126 valence electrons. The van der Waals surface area contributed by atoms with Crippen molar-refractivity contribution < 1.29 is 14.3 Å². The van der Waals surface area contributed by atoms with Gasteiger partial charge in [-0.3, -0.25) is 14.6 Å². The summed E-state index contributed by atoms with van der Waals surface area (Å²) in [5.74, 6) is -1.05. The van der Waals surface area contributed by atoms with Gasteiger partial charge in [0.15, 0.2) is 5.78 Å². The van der Waals surface area contributed by atoms with E-state index >= 15 is 0 Å². The van der Waals surface area contributed by atoms with Crippen LogP contribution in [0.25, 0.3) is 10.8 Å². The molecule has 0 saturated carbocycles. The third-order valence-electron chi connectivity index (χ3n) is 4.14. The van der Waals surface area contributed by atoms with Gasteiger partial charge in [0.25, 0.3) is 0 Å². The first-order chi connectivity index (χ1) is 12.2. The Morgan fingerprint density at radius 1 is 1.00 bits per heavy atom. The Labute approximate surface area is 146 Å². The normalized spacial score (nSPS) is 11.9. The van der Waals surface area contributed by atoms with Crippen LogP contribution in [0.1, 0.15) is 35.2 Å². The molecular weight excluding hydrogens is 314 g/mol. The highest BCUT2D eigenvalue weighted by molar-refractivity contribution is 6.05. The number of nitrogens with zero attached hydrogens (tertiary/aromatic N) is 1. The number of rotatable bonds is 6. The number of Topliss-reactive ketones (excluding diaryl/α,β-unsaturated/α-hetero) is 1. The lowest BCUT2D eigenvalue weighted by atomic mass is 9.88. The van der Waals surface area contributed by atoms with Crippen LogP contribution in [-0.4, -0.2) is 23.3 Å². The summed E-state index contributed by atoms with van der Waals surface area (Å²) in [4.78, 5) is 29.1. The van der Waals surface area contributed by atoms with Gasteiger partial charge in [-0.2, -0.15) is 0 Å². The van der Waals surface area contributed by atoms with Gasteiger partial charge in [-0.1, -0.05) is 36.4 Å². The molecule has 0 saturated heterocycles. The molecule has 0 aliphatic carbocycles. The maximum Gasteiger partial charge on any atom is 0.306 e. The molecule has 0 amide bonds. The zero-order valence-corrected chi connectivity index (χ0v) is 14.0. The summed E-state index contributed by atoms with van der Waals surface area (Å²) in [6, 6.07) is 17.0. The van der Waals surface area contributed by atoms with Crippen LogP contribution in [0.15, 0.2) is 67.0 Å². The molecule has 1 aromatic heterocycles. The van der Waals surface area contributed by atoms with E-state index in [1.807, 2.05) is 42.5 Å². The number of hydrogen-bond donors (Lipinski definition) is 0. The number of ketones is 1. The van der Waals surface area contributed by atoms with Crippen molar-refractivity contribution in [1.29, 1.82) is 0 Å². The molecule has 0 radical (unpaired) electrons. The van der Waals surface area contributed by atoms with E-state index in [9.17, 15) is 9.59 Å². The van der Waals surface area contributed by atoms with Crippen molar-refractivity contribution in [3.63, 3.8) is 0 Å². The average Bonchev–Trinajstić information content (AvgIpc) is 2.66. The first-order valence-corrected chi connectivity index (χ1v) is 8.27. The van der Waals surface area contributed by atoms with Crippen molar-refractivity contribution in [3.05, 3.63) is 78.1 Å². The Morgan fingerprint density at radius 3 is 2.44 bits per heavy atom. The predicted octanol–water partition coefficient (Wildman–Crippen LogP) is 4.15. The van der Waals surface area contributed by atoms with Crippen molar-refractivity contribution >= 4 is 22.5 Å². The van der Waals surface area contributed by atoms with E-state index in [1.165, 1.54) is 0 Å². The summed E-state index contributed by atoms with van der Waals surface area (Å²) < 4.78 is 5.04. The summed E-state index contributed by atoms with van der Waals surface area (Å²) in [6.07, 6.45) is 3.27. The monoisotopic (exact) mass is 333 g/mol. The number of carbonyl (C=O) groups excluding carboxylic acids is 2. The second-order valence-corrected chi connectivity index (χ2v) is 5.77. The first-order valence-electron chi connectivity index (χ1n) is 8.27. The summed E-state index contributed by atoms with van der Waals surface area (Å²) in [7, 11) is 0. The lowest BCUT2D eigenvalue weighted by molar-refractivity contribution is -0.143. The zero-order chi connectivity index (χ0) is 17.6. The fourth-order valence-electron chi connectivity index (χ4n) is 2.89. The van der Waals surface area contributed by atoms with E-state index in [1.54, 1.807) is 31.5 Å². The van der Waals surface area contributed by atoms with Gasteiger partial charge in [-0.15, -0.1) is 0 Å². The standard InChI is InChI=1S/C21H19NO3/c1-2-25-20(23)14-19(16-9-11-22-12-10-16)21(24)18-8-7-15-5-3-4-6-17(15)13-18/h3-13,19H,2,14H2,1H3/t19-/m1/s1. The largest absolute Gasteiger partial charge is 0.466 e. The number of benzene rings is 2. The van der Waals surface area contributed by atoms with Crippen LogP contribution in [0.4, 0.5) is 0 Å². The topological polar surface area (TPSA) is 56.3 Å². The summed E-state index contributed by atoms with van der Waals surface area (Å²) in [5.41, 5.74) is 1.35. The number of ether oxygens (including phenoxy) is 1. The van der Waals surface area contributed by atoms with Gasteiger partial charge in [0.05, 0.1) is 18.9 Å². The second kappa shape index (κ2) is 7.71. The van der Waals surface area contributed by atoms with Gasteiger partial charge < -0.3 is 4.74 Å². The van der Waals surface area contributed by atoms with E-state index in [0.717, 1.165) is 16.3 Å². The van der Waals surface area contributed by atoms with Crippen LogP contribution in [0.2, 0.25) is 0 Å². The molecule has 2 aromatic carbocycles.